The summed E-state index contributed by atoms with van der Waals surface area (Å²) in [6, 6.07) is 4.36. The average molecular weight is 393 g/mol. The number of terminal acetylenes is 1. The number of piperidine rings is 1. The third-order valence-electron chi connectivity index (χ3n) is 5.35. The predicted molar refractivity (Wildman–Crippen MR) is 101 cm³/mol. The SMILES string of the molecule is C#CCCC1(CC(=O)Nc2cccc3c2CN(C2CCC(=O)NC2=O)C3=O)N=N1. The van der Waals surface area contributed by atoms with Gasteiger partial charge in [-0.15, -0.1) is 12.3 Å². The smallest absolute Gasteiger partial charge is 0.255 e. The molecule has 3 aliphatic heterocycles. The maximum absolute atomic E-state index is 12.8. The van der Waals surface area contributed by atoms with Gasteiger partial charge in [-0.05, 0) is 18.6 Å². The molecule has 9 heteroatoms. The van der Waals surface area contributed by atoms with Crippen LogP contribution in [0.2, 0.25) is 0 Å². The molecule has 1 aromatic rings. The summed E-state index contributed by atoms with van der Waals surface area (Å²) in [4.78, 5) is 50.3. The Balaban J connectivity index is 1.47. The van der Waals surface area contributed by atoms with Gasteiger partial charge < -0.3 is 10.2 Å². The summed E-state index contributed by atoms with van der Waals surface area (Å²) >= 11 is 0. The van der Waals surface area contributed by atoms with Crippen LogP contribution < -0.4 is 10.6 Å². The third kappa shape index (κ3) is 3.61. The van der Waals surface area contributed by atoms with Gasteiger partial charge in [0.1, 0.15) is 6.04 Å². The second-order valence-electron chi connectivity index (χ2n) is 7.34. The zero-order valence-corrected chi connectivity index (χ0v) is 15.6. The minimum atomic E-state index is -0.733. The molecule has 1 fully saturated rings. The molecule has 1 unspecified atom stereocenters. The van der Waals surface area contributed by atoms with Crippen LogP contribution in [0.3, 0.4) is 0 Å². The minimum absolute atomic E-state index is 0.0865. The fraction of sp³-hybridized carbons (Fsp3) is 0.400. The Kier molecular flexibility index (Phi) is 4.62. The Hall–Kier alpha value is -3.54. The van der Waals surface area contributed by atoms with Crippen molar-refractivity contribution in [3.8, 4) is 12.3 Å². The maximum Gasteiger partial charge on any atom is 0.255 e. The van der Waals surface area contributed by atoms with Gasteiger partial charge in [-0.3, -0.25) is 24.5 Å². The Bertz CT molecular complexity index is 987. The molecule has 0 spiro atoms. The van der Waals surface area contributed by atoms with Crippen molar-refractivity contribution < 1.29 is 19.2 Å². The van der Waals surface area contributed by atoms with Crippen molar-refractivity contribution in [1.82, 2.24) is 10.2 Å². The summed E-state index contributed by atoms with van der Waals surface area (Å²) in [5, 5.41) is 13.0. The van der Waals surface area contributed by atoms with Crippen LogP contribution in [0.15, 0.2) is 28.4 Å². The van der Waals surface area contributed by atoms with E-state index in [0.29, 0.717) is 29.7 Å². The molecular formula is C20H19N5O4. The van der Waals surface area contributed by atoms with Crippen LogP contribution >= 0.6 is 0 Å². The molecule has 1 saturated heterocycles. The molecule has 29 heavy (non-hydrogen) atoms. The van der Waals surface area contributed by atoms with Crippen molar-refractivity contribution in [3.05, 3.63) is 29.3 Å². The molecule has 0 bridgehead atoms. The molecule has 3 heterocycles. The number of nitrogens with one attached hydrogen (secondary N) is 2. The van der Waals surface area contributed by atoms with Gasteiger partial charge in [0.05, 0.1) is 6.42 Å². The second-order valence-corrected chi connectivity index (χ2v) is 7.34. The lowest BCUT2D eigenvalue weighted by atomic mass is 10.0. The maximum atomic E-state index is 12.8. The normalized spacial score (nSPS) is 21.4. The average Bonchev–Trinajstić information content (AvgIpc) is 3.36. The standard InChI is InChI=1S/C20H19N5O4/c1-2-3-9-20(23-24-20)10-17(27)21-14-6-4-5-12-13(14)11-25(19(12)29)15-7-8-16(26)22-18(15)28/h1,4-6,15H,3,7-11H2,(H,21,27)(H,22,26,28). The van der Waals surface area contributed by atoms with Crippen LogP contribution in [0.25, 0.3) is 0 Å². The molecule has 4 amide bonds. The van der Waals surface area contributed by atoms with Crippen molar-refractivity contribution in [2.45, 2.75) is 50.4 Å². The fourth-order valence-corrected chi connectivity index (χ4v) is 3.76. The molecule has 3 aliphatic rings. The molecule has 0 saturated carbocycles. The van der Waals surface area contributed by atoms with E-state index in [1.54, 1.807) is 18.2 Å². The van der Waals surface area contributed by atoms with E-state index in [4.69, 9.17) is 6.42 Å². The largest absolute Gasteiger partial charge is 0.326 e. The van der Waals surface area contributed by atoms with Crippen LogP contribution in [0, 0.1) is 12.3 Å². The number of rotatable bonds is 6. The highest BCUT2D eigenvalue weighted by molar-refractivity contribution is 6.06. The quantitative estimate of drug-likeness (QED) is 0.560. The summed E-state index contributed by atoms with van der Waals surface area (Å²) in [5.41, 5.74) is 0.875. The van der Waals surface area contributed by atoms with Crippen molar-refractivity contribution in [2.75, 3.05) is 5.32 Å². The second kappa shape index (κ2) is 7.13. The van der Waals surface area contributed by atoms with Crippen molar-refractivity contribution in [1.29, 1.82) is 0 Å². The van der Waals surface area contributed by atoms with E-state index in [1.165, 1.54) is 4.90 Å². The molecule has 0 radical (unpaired) electrons. The first kappa shape index (κ1) is 18.8. The first-order chi connectivity index (χ1) is 13.9. The van der Waals surface area contributed by atoms with Gasteiger partial charge in [0.25, 0.3) is 5.91 Å². The lowest BCUT2D eigenvalue weighted by molar-refractivity contribution is -0.137. The molecule has 1 aromatic carbocycles. The lowest BCUT2D eigenvalue weighted by Gasteiger charge is -2.29. The van der Waals surface area contributed by atoms with Gasteiger partial charge in [0.2, 0.25) is 23.4 Å². The topological polar surface area (TPSA) is 120 Å². The van der Waals surface area contributed by atoms with Crippen LogP contribution in [0.1, 0.15) is 48.0 Å². The summed E-state index contributed by atoms with van der Waals surface area (Å²) in [5.74, 6) is 1.15. The summed E-state index contributed by atoms with van der Waals surface area (Å²) in [6.45, 7) is 0.188. The summed E-state index contributed by atoms with van der Waals surface area (Å²) in [6.07, 6.45) is 6.83. The number of carbonyl (C=O) groups is 4. The fourth-order valence-electron chi connectivity index (χ4n) is 3.76. The number of hydrogen-bond acceptors (Lipinski definition) is 6. The number of hydrogen-bond donors (Lipinski definition) is 2. The molecule has 4 rings (SSSR count). The third-order valence-corrected chi connectivity index (χ3v) is 5.35. The number of carbonyl (C=O) groups excluding carboxylic acids is 4. The van der Waals surface area contributed by atoms with Crippen LogP contribution in [0.4, 0.5) is 5.69 Å². The van der Waals surface area contributed by atoms with E-state index >= 15 is 0 Å². The number of amides is 4. The monoisotopic (exact) mass is 393 g/mol. The number of nitrogens with zero attached hydrogens (tertiary/aromatic N) is 3. The molecule has 9 nitrogen and oxygen atoms in total. The van der Waals surface area contributed by atoms with Gasteiger partial charge in [0.15, 0.2) is 0 Å². The molecule has 2 N–H and O–H groups in total. The Labute approximate surface area is 166 Å². The molecule has 0 aliphatic carbocycles. The molecule has 148 valence electrons. The first-order valence-corrected chi connectivity index (χ1v) is 9.36. The van der Waals surface area contributed by atoms with Crippen LogP contribution in [-0.4, -0.2) is 40.2 Å². The Morgan fingerprint density at radius 1 is 1.34 bits per heavy atom. The van der Waals surface area contributed by atoms with Gasteiger partial charge in [-0.25, -0.2) is 0 Å². The van der Waals surface area contributed by atoms with E-state index in [9.17, 15) is 19.2 Å². The number of imide groups is 1. The first-order valence-electron chi connectivity index (χ1n) is 9.36. The van der Waals surface area contributed by atoms with Gasteiger partial charge in [0, 0.05) is 42.6 Å². The van der Waals surface area contributed by atoms with E-state index in [1.807, 2.05) is 0 Å². The lowest BCUT2D eigenvalue weighted by Crippen LogP contribution is -2.52. The molecule has 1 atom stereocenters. The van der Waals surface area contributed by atoms with E-state index in [2.05, 4.69) is 26.8 Å². The van der Waals surface area contributed by atoms with Crippen LogP contribution in [-0.2, 0) is 20.9 Å². The van der Waals surface area contributed by atoms with E-state index in [0.717, 1.165) is 0 Å². The van der Waals surface area contributed by atoms with Crippen molar-refractivity contribution in [3.63, 3.8) is 0 Å². The number of fused-ring (bicyclic) bond motifs is 1. The highest BCUT2D eigenvalue weighted by Gasteiger charge is 2.42. The van der Waals surface area contributed by atoms with Crippen LogP contribution in [0.5, 0.6) is 0 Å². The van der Waals surface area contributed by atoms with Gasteiger partial charge >= 0.3 is 0 Å². The van der Waals surface area contributed by atoms with Gasteiger partial charge in [-0.1, -0.05) is 6.07 Å². The molecular weight excluding hydrogens is 374 g/mol. The number of benzene rings is 1. The van der Waals surface area contributed by atoms with Crippen molar-refractivity contribution in [2.24, 2.45) is 10.2 Å². The summed E-state index contributed by atoms with van der Waals surface area (Å²) in [7, 11) is 0. The van der Waals surface area contributed by atoms with E-state index in [-0.39, 0.29) is 43.5 Å². The Morgan fingerprint density at radius 2 is 2.14 bits per heavy atom. The summed E-state index contributed by atoms with van der Waals surface area (Å²) < 4.78 is 0. The van der Waals surface area contributed by atoms with Crippen molar-refractivity contribution >= 4 is 29.3 Å². The Morgan fingerprint density at radius 3 is 2.83 bits per heavy atom. The molecule has 0 aromatic heterocycles. The minimum Gasteiger partial charge on any atom is -0.326 e. The zero-order valence-electron chi connectivity index (χ0n) is 15.6. The number of anilines is 1. The van der Waals surface area contributed by atoms with E-state index < -0.39 is 17.6 Å². The zero-order chi connectivity index (χ0) is 20.6. The van der Waals surface area contributed by atoms with Gasteiger partial charge in [-0.2, -0.15) is 10.2 Å². The predicted octanol–water partition coefficient (Wildman–Crippen LogP) is 1.35. The highest BCUT2D eigenvalue weighted by atomic mass is 16.2. The highest BCUT2D eigenvalue weighted by Crippen LogP contribution is 2.37.